The summed E-state index contributed by atoms with van der Waals surface area (Å²) in [7, 11) is 1.41. The number of esters is 1. The minimum atomic E-state index is -0.167. The van der Waals surface area contributed by atoms with Gasteiger partial charge in [-0.1, -0.05) is 32.1 Å². The van der Waals surface area contributed by atoms with Gasteiger partial charge < -0.3 is 4.74 Å². The predicted octanol–water partition coefficient (Wildman–Crippen LogP) is 4.40. The van der Waals surface area contributed by atoms with Gasteiger partial charge in [0.15, 0.2) is 5.78 Å². The summed E-state index contributed by atoms with van der Waals surface area (Å²) >= 11 is 1.59. The Hall–Kier alpha value is -1.16. The van der Waals surface area contributed by atoms with Gasteiger partial charge in [0.05, 0.1) is 12.0 Å². The fraction of sp³-hybridized carbons (Fsp3) is 0.647. The van der Waals surface area contributed by atoms with Crippen LogP contribution in [0.25, 0.3) is 0 Å². The molecule has 116 valence electrons. The van der Waals surface area contributed by atoms with Gasteiger partial charge in [0, 0.05) is 17.7 Å². The van der Waals surface area contributed by atoms with E-state index in [4.69, 9.17) is 0 Å². The van der Waals surface area contributed by atoms with Crippen LogP contribution in [0.2, 0.25) is 0 Å². The van der Waals surface area contributed by atoms with Crippen molar-refractivity contribution in [3.05, 3.63) is 21.9 Å². The first-order chi connectivity index (χ1) is 10.2. The van der Waals surface area contributed by atoms with Crippen molar-refractivity contribution >= 4 is 23.1 Å². The molecule has 3 nitrogen and oxygen atoms in total. The number of carbonyl (C=O) groups is 2. The van der Waals surface area contributed by atoms with Crippen molar-refractivity contribution in [3.63, 3.8) is 0 Å². The fourth-order valence-electron chi connectivity index (χ4n) is 2.93. The summed E-state index contributed by atoms with van der Waals surface area (Å²) in [6, 6.07) is 3.97. The van der Waals surface area contributed by atoms with E-state index in [1.54, 1.807) is 11.3 Å². The van der Waals surface area contributed by atoms with E-state index in [-0.39, 0.29) is 5.97 Å². The first-order valence-electron chi connectivity index (χ1n) is 7.87. The van der Waals surface area contributed by atoms with Gasteiger partial charge >= 0.3 is 5.97 Å². The van der Waals surface area contributed by atoms with Gasteiger partial charge in [0.2, 0.25) is 0 Å². The number of rotatable bonds is 7. The molecule has 1 aliphatic carbocycles. The van der Waals surface area contributed by atoms with Gasteiger partial charge in [-0.25, -0.2) is 0 Å². The smallest absolute Gasteiger partial charge is 0.305 e. The highest BCUT2D eigenvalue weighted by Gasteiger charge is 2.19. The molecule has 0 spiro atoms. The molecular weight excluding hydrogens is 284 g/mol. The summed E-state index contributed by atoms with van der Waals surface area (Å²) in [5, 5.41) is 0. The lowest BCUT2D eigenvalue weighted by atomic mass is 9.85. The maximum Gasteiger partial charge on any atom is 0.305 e. The van der Waals surface area contributed by atoms with E-state index in [1.807, 2.05) is 12.1 Å². The molecule has 1 heterocycles. The largest absolute Gasteiger partial charge is 0.469 e. The standard InChI is InChI=1S/C17H24O3S/c1-20-17(19)9-5-8-14-10-11-16(21-14)15(18)12-13-6-3-2-4-7-13/h10-11,13H,2-9,12H2,1H3. The highest BCUT2D eigenvalue weighted by Crippen LogP contribution is 2.29. The zero-order chi connectivity index (χ0) is 15.1. The molecule has 0 radical (unpaired) electrons. The maximum atomic E-state index is 12.3. The third kappa shape index (κ3) is 5.27. The highest BCUT2D eigenvalue weighted by molar-refractivity contribution is 7.14. The molecule has 1 aromatic rings. The van der Waals surface area contributed by atoms with E-state index in [1.165, 1.54) is 44.1 Å². The van der Waals surface area contributed by atoms with E-state index >= 15 is 0 Å². The van der Waals surface area contributed by atoms with Crippen LogP contribution in [0.5, 0.6) is 0 Å². The van der Waals surface area contributed by atoms with Crippen LogP contribution in [0.15, 0.2) is 12.1 Å². The maximum absolute atomic E-state index is 12.3. The number of ether oxygens (including phenoxy) is 1. The van der Waals surface area contributed by atoms with E-state index in [0.717, 1.165) is 17.7 Å². The molecule has 2 rings (SSSR count). The van der Waals surface area contributed by atoms with Crippen LogP contribution in [0.4, 0.5) is 0 Å². The van der Waals surface area contributed by atoms with Crippen molar-refractivity contribution in [2.75, 3.05) is 7.11 Å². The van der Waals surface area contributed by atoms with Gasteiger partial charge in [-0.05, 0) is 30.9 Å². The first kappa shape index (κ1) is 16.2. The number of hydrogen-bond acceptors (Lipinski definition) is 4. The minimum absolute atomic E-state index is 0.167. The summed E-state index contributed by atoms with van der Waals surface area (Å²) in [6.45, 7) is 0. The molecule has 0 bridgehead atoms. The van der Waals surface area contributed by atoms with Crippen molar-refractivity contribution < 1.29 is 14.3 Å². The predicted molar refractivity (Wildman–Crippen MR) is 84.8 cm³/mol. The third-order valence-electron chi connectivity index (χ3n) is 4.17. The second-order valence-corrected chi connectivity index (χ2v) is 7.00. The fourth-order valence-corrected chi connectivity index (χ4v) is 3.92. The lowest BCUT2D eigenvalue weighted by molar-refractivity contribution is -0.140. The molecule has 1 fully saturated rings. The number of hydrogen-bond donors (Lipinski definition) is 0. The molecule has 0 atom stereocenters. The monoisotopic (exact) mass is 308 g/mol. The van der Waals surface area contributed by atoms with Gasteiger partial charge in [-0.2, -0.15) is 0 Å². The molecule has 1 saturated carbocycles. The summed E-state index contributed by atoms with van der Waals surface area (Å²) < 4.78 is 4.63. The zero-order valence-corrected chi connectivity index (χ0v) is 13.5. The lowest BCUT2D eigenvalue weighted by Crippen LogP contribution is -2.11. The Morgan fingerprint density at radius 2 is 2.00 bits per heavy atom. The molecule has 0 saturated heterocycles. The molecule has 4 heteroatoms. The van der Waals surface area contributed by atoms with Crippen molar-refractivity contribution in [1.82, 2.24) is 0 Å². The van der Waals surface area contributed by atoms with Crippen LogP contribution in [-0.2, 0) is 16.0 Å². The Labute approximate surface area is 130 Å². The van der Waals surface area contributed by atoms with E-state index in [9.17, 15) is 9.59 Å². The summed E-state index contributed by atoms with van der Waals surface area (Å²) in [5.74, 6) is 0.724. The molecule has 1 aliphatic rings. The Morgan fingerprint density at radius 3 is 2.71 bits per heavy atom. The molecule has 21 heavy (non-hydrogen) atoms. The highest BCUT2D eigenvalue weighted by atomic mass is 32.1. The SMILES string of the molecule is COC(=O)CCCc1ccc(C(=O)CC2CCCCC2)s1. The van der Waals surface area contributed by atoms with E-state index in [2.05, 4.69) is 4.74 Å². The van der Waals surface area contributed by atoms with E-state index < -0.39 is 0 Å². The van der Waals surface area contributed by atoms with Crippen LogP contribution in [0, 0.1) is 5.92 Å². The van der Waals surface area contributed by atoms with Crippen molar-refractivity contribution in [2.24, 2.45) is 5.92 Å². The summed E-state index contributed by atoms with van der Waals surface area (Å²) in [5.41, 5.74) is 0. The second kappa shape index (κ2) is 8.32. The van der Waals surface area contributed by atoms with Crippen LogP contribution >= 0.6 is 11.3 Å². The van der Waals surface area contributed by atoms with Crippen LogP contribution in [0.1, 0.15) is 65.9 Å². The Balaban J connectivity index is 1.78. The number of ketones is 1. The first-order valence-corrected chi connectivity index (χ1v) is 8.69. The number of methoxy groups -OCH3 is 1. The van der Waals surface area contributed by atoms with Crippen molar-refractivity contribution in [2.45, 2.75) is 57.8 Å². The molecule has 0 unspecified atom stereocenters. The number of Topliss-reactive ketones (excluding diaryl/α,β-unsaturated/α-hetero) is 1. The molecule has 1 aromatic heterocycles. The summed E-state index contributed by atoms with van der Waals surface area (Å²) in [4.78, 5) is 25.4. The van der Waals surface area contributed by atoms with Gasteiger partial charge in [0.1, 0.15) is 0 Å². The quantitative estimate of drug-likeness (QED) is 0.554. The van der Waals surface area contributed by atoms with Crippen molar-refractivity contribution in [3.8, 4) is 0 Å². The van der Waals surface area contributed by atoms with Gasteiger partial charge in [-0.3, -0.25) is 9.59 Å². The Morgan fingerprint density at radius 1 is 1.24 bits per heavy atom. The number of carbonyl (C=O) groups excluding carboxylic acids is 2. The number of thiophene rings is 1. The molecular formula is C17H24O3S. The topological polar surface area (TPSA) is 43.4 Å². The Kier molecular flexibility index (Phi) is 6.43. The van der Waals surface area contributed by atoms with Crippen LogP contribution < -0.4 is 0 Å². The van der Waals surface area contributed by atoms with Crippen molar-refractivity contribution in [1.29, 1.82) is 0 Å². The molecule has 0 aromatic carbocycles. The van der Waals surface area contributed by atoms with Crippen LogP contribution in [0.3, 0.4) is 0 Å². The average molecular weight is 308 g/mol. The zero-order valence-electron chi connectivity index (χ0n) is 12.7. The Bertz CT molecular complexity index is 472. The molecule has 0 aliphatic heterocycles. The lowest BCUT2D eigenvalue weighted by Gasteiger charge is -2.20. The summed E-state index contributed by atoms with van der Waals surface area (Å²) in [6.07, 6.45) is 9.09. The van der Waals surface area contributed by atoms with Gasteiger partial charge in [0.25, 0.3) is 0 Å². The second-order valence-electron chi connectivity index (χ2n) is 5.83. The molecule has 0 N–H and O–H groups in total. The normalized spacial score (nSPS) is 15.9. The molecule has 0 amide bonds. The third-order valence-corrected chi connectivity index (χ3v) is 5.35. The van der Waals surface area contributed by atoms with Gasteiger partial charge in [-0.15, -0.1) is 11.3 Å². The van der Waals surface area contributed by atoms with Crippen LogP contribution in [-0.4, -0.2) is 18.9 Å². The average Bonchev–Trinajstić information content (AvgIpc) is 2.97. The van der Waals surface area contributed by atoms with E-state index in [0.29, 0.717) is 24.5 Å². The minimum Gasteiger partial charge on any atom is -0.469 e. The number of aryl methyl sites for hydroxylation is 1.